The number of aliphatic hydroxyl groups excluding tert-OH is 3. The van der Waals surface area contributed by atoms with Crippen molar-refractivity contribution in [3.8, 4) is 0 Å². The summed E-state index contributed by atoms with van der Waals surface area (Å²) in [6.45, 7) is 9.09. The zero-order chi connectivity index (χ0) is 36.0. The Hall–Kier alpha value is -2.19. The first-order valence-corrected chi connectivity index (χ1v) is 18.1. The maximum absolute atomic E-state index is 14.1. The molecule has 0 spiro atoms. The average Bonchev–Trinajstić information content (AvgIpc) is 3.09. The Labute approximate surface area is 290 Å². The Kier molecular flexibility index (Phi) is 14.0. The fourth-order valence-corrected chi connectivity index (χ4v) is 8.58. The second kappa shape index (κ2) is 17.4. The fourth-order valence-electron chi connectivity index (χ4n) is 8.58. The minimum absolute atomic E-state index is 0.124. The molecule has 3 heterocycles. The molecule has 3 saturated heterocycles. The molecule has 12 heteroatoms. The Morgan fingerprint density at radius 2 is 1.90 bits per heavy atom. The topological polar surface area (TPSA) is 172 Å². The fraction of sp³-hybridized carbons (Fsp3) is 0.811. The molecule has 13 atom stereocenters. The van der Waals surface area contributed by atoms with E-state index in [0.717, 1.165) is 12.0 Å². The van der Waals surface area contributed by atoms with Gasteiger partial charge in [-0.1, -0.05) is 31.6 Å². The van der Waals surface area contributed by atoms with Gasteiger partial charge in [-0.3, -0.25) is 9.59 Å². The standard InChI is InChI=1S/C37H59NO11/c1-7-25(46-5)18-26-12-10-23(4)37(45,49-26)34(42)35(43)38-14-8-9-27-28(16-24-11-13-29(40)32(17-24)47-6)31(48-36(44)33(27)38)19-30(41)22(3)15-21(2)20-39/h7,15,22-33,39-41,45H,1,8-14,16-20H2,2-6H3/b21-15+/t22?,23-,24+,25?,26+,27-,28?,29-,30+,31?,32-,33+,37-/m1/s1. The maximum atomic E-state index is 14.1. The minimum atomic E-state index is -2.36. The third kappa shape index (κ3) is 9.01. The summed E-state index contributed by atoms with van der Waals surface area (Å²) < 4.78 is 23.0. The van der Waals surface area contributed by atoms with Crippen LogP contribution in [0.25, 0.3) is 0 Å². The highest BCUT2D eigenvalue weighted by Crippen LogP contribution is 2.45. The highest BCUT2D eigenvalue weighted by Gasteiger charge is 2.56. The molecule has 12 nitrogen and oxygen atoms in total. The van der Waals surface area contributed by atoms with E-state index in [1.807, 2.05) is 13.0 Å². The van der Waals surface area contributed by atoms with Gasteiger partial charge in [0.1, 0.15) is 12.1 Å². The van der Waals surface area contributed by atoms with Gasteiger partial charge in [-0.15, -0.1) is 6.58 Å². The summed E-state index contributed by atoms with van der Waals surface area (Å²) in [5.41, 5.74) is 0.727. The molecule has 0 aromatic heterocycles. The quantitative estimate of drug-likeness (QED) is 0.120. The van der Waals surface area contributed by atoms with Crippen molar-refractivity contribution in [1.82, 2.24) is 4.90 Å². The van der Waals surface area contributed by atoms with Crippen LogP contribution in [0, 0.1) is 29.6 Å². The van der Waals surface area contributed by atoms with Crippen LogP contribution in [0.3, 0.4) is 0 Å². The number of Topliss-reactive ketones (excluding diaryl/α,β-unsaturated/α-hetero) is 1. The van der Waals surface area contributed by atoms with Crippen molar-refractivity contribution in [2.75, 3.05) is 27.4 Å². The van der Waals surface area contributed by atoms with Gasteiger partial charge in [-0.25, -0.2) is 4.79 Å². The highest BCUT2D eigenvalue weighted by molar-refractivity contribution is 6.39. The van der Waals surface area contributed by atoms with Crippen LogP contribution in [0.2, 0.25) is 0 Å². The number of ketones is 1. The van der Waals surface area contributed by atoms with Crippen LogP contribution >= 0.6 is 0 Å². The predicted molar refractivity (Wildman–Crippen MR) is 180 cm³/mol. The molecule has 3 aliphatic heterocycles. The van der Waals surface area contributed by atoms with E-state index in [2.05, 4.69) is 6.58 Å². The molecular formula is C37H59NO11. The smallest absolute Gasteiger partial charge is 0.329 e. The van der Waals surface area contributed by atoms with E-state index in [1.54, 1.807) is 27.0 Å². The number of esters is 1. The van der Waals surface area contributed by atoms with Crippen LogP contribution in [-0.2, 0) is 33.3 Å². The van der Waals surface area contributed by atoms with Crippen molar-refractivity contribution in [3.05, 3.63) is 24.3 Å². The van der Waals surface area contributed by atoms with Crippen molar-refractivity contribution in [1.29, 1.82) is 0 Å². The van der Waals surface area contributed by atoms with Gasteiger partial charge >= 0.3 is 5.97 Å². The number of likely N-dealkylation sites (tertiary alicyclic amines) is 1. The van der Waals surface area contributed by atoms with Crippen molar-refractivity contribution >= 4 is 17.7 Å². The number of aliphatic hydroxyl groups is 4. The van der Waals surface area contributed by atoms with E-state index in [1.165, 1.54) is 12.0 Å². The first kappa shape index (κ1) is 39.6. The summed E-state index contributed by atoms with van der Waals surface area (Å²) in [7, 11) is 3.12. The number of hydrogen-bond acceptors (Lipinski definition) is 11. The van der Waals surface area contributed by atoms with Crippen molar-refractivity contribution in [2.45, 2.75) is 133 Å². The zero-order valence-electron chi connectivity index (χ0n) is 29.9. The molecule has 0 aromatic carbocycles. The molecular weight excluding hydrogens is 634 g/mol. The Balaban J connectivity index is 1.59. The maximum Gasteiger partial charge on any atom is 0.329 e. The summed E-state index contributed by atoms with van der Waals surface area (Å²) in [5.74, 6) is -6.43. The van der Waals surface area contributed by atoms with E-state index in [9.17, 15) is 34.8 Å². The minimum Gasteiger partial charge on any atom is -0.460 e. The number of cyclic esters (lactones) is 1. The molecule has 49 heavy (non-hydrogen) atoms. The molecule has 4 rings (SSSR count). The van der Waals surface area contributed by atoms with Gasteiger partial charge in [0, 0.05) is 51.4 Å². The molecule has 278 valence electrons. The van der Waals surface area contributed by atoms with Gasteiger partial charge in [-0.05, 0) is 70.1 Å². The SMILES string of the molecule is C=CC(C[C@@H]1CC[C@@H](C)[C@](O)(C(=O)C(=O)N2CCC[C@@H]3C(C[C@@H]4CC[C@@H](O)[C@H](OC)C4)C(C[C@H](O)C(C)/C=C(\C)CO)OC(=O)[C@H]32)O1)OC. The van der Waals surface area contributed by atoms with Gasteiger partial charge < -0.3 is 44.3 Å². The van der Waals surface area contributed by atoms with Gasteiger partial charge in [-0.2, -0.15) is 0 Å². The van der Waals surface area contributed by atoms with Crippen molar-refractivity contribution in [3.63, 3.8) is 0 Å². The second-order valence-corrected chi connectivity index (χ2v) is 15.0. The van der Waals surface area contributed by atoms with E-state index < -0.39 is 59.8 Å². The first-order chi connectivity index (χ1) is 23.3. The van der Waals surface area contributed by atoms with Crippen LogP contribution in [-0.4, -0.2) is 119 Å². The van der Waals surface area contributed by atoms with E-state index in [4.69, 9.17) is 18.9 Å². The Morgan fingerprint density at radius 1 is 1.16 bits per heavy atom. The number of nitrogens with zero attached hydrogens (tertiary/aromatic N) is 1. The van der Waals surface area contributed by atoms with E-state index in [0.29, 0.717) is 51.4 Å². The summed E-state index contributed by atoms with van der Waals surface area (Å²) in [4.78, 5) is 43.1. The Bertz CT molecular complexity index is 1190. The lowest BCUT2D eigenvalue weighted by Crippen LogP contribution is -2.65. The third-order valence-corrected chi connectivity index (χ3v) is 11.6. The second-order valence-electron chi connectivity index (χ2n) is 15.0. The number of fused-ring (bicyclic) bond motifs is 1. The summed E-state index contributed by atoms with van der Waals surface area (Å²) in [6.07, 6.45) is 5.51. The summed E-state index contributed by atoms with van der Waals surface area (Å²) >= 11 is 0. The summed E-state index contributed by atoms with van der Waals surface area (Å²) in [6, 6.07) is -1.03. The van der Waals surface area contributed by atoms with E-state index in [-0.39, 0.29) is 55.5 Å². The normalized spacial score (nSPS) is 37.4. The summed E-state index contributed by atoms with van der Waals surface area (Å²) in [5, 5.41) is 42.8. The molecule has 4 fully saturated rings. The van der Waals surface area contributed by atoms with Crippen LogP contribution < -0.4 is 0 Å². The molecule has 4 unspecified atom stereocenters. The monoisotopic (exact) mass is 693 g/mol. The molecule has 0 aromatic rings. The highest BCUT2D eigenvalue weighted by atomic mass is 16.6. The lowest BCUT2D eigenvalue weighted by atomic mass is 9.67. The number of carbonyl (C=O) groups is 3. The van der Waals surface area contributed by atoms with Crippen LogP contribution in [0.4, 0.5) is 0 Å². The van der Waals surface area contributed by atoms with Crippen LogP contribution in [0.15, 0.2) is 24.3 Å². The number of carbonyl (C=O) groups excluding carboxylic acids is 3. The predicted octanol–water partition coefficient (Wildman–Crippen LogP) is 2.69. The molecule has 4 aliphatic rings. The van der Waals surface area contributed by atoms with Crippen molar-refractivity contribution in [2.24, 2.45) is 29.6 Å². The van der Waals surface area contributed by atoms with Gasteiger partial charge in [0.15, 0.2) is 0 Å². The molecule has 1 amide bonds. The molecule has 4 N–H and O–H groups in total. The van der Waals surface area contributed by atoms with Crippen LogP contribution in [0.5, 0.6) is 0 Å². The number of hydrogen-bond donors (Lipinski definition) is 4. The molecule has 0 radical (unpaired) electrons. The third-order valence-electron chi connectivity index (χ3n) is 11.6. The number of methoxy groups -OCH3 is 2. The number of ether oxygens (including phenoxy) is 4. The van der Waals surface area contributed by atoms with Gasteiger partial charge in [0.05, 0.1) is 37.1 Å². The Morgan fingerprint density at radius 3 is 2.55 bits per heavy atom. The molecule has 1 aliphatic carbocycles. The van der Waals surface area contributed by atoms with E-state index >= 15 is 0 Å². The van der Waals surface area contributed by atoms with Crippen LogP contribution in [0.1, 0.15) is 85.0 Å². The number of piperidine rings is 1. The molecule has 1 saturated carbocycles. The first-order valence-electron chi connectivity index (χ1n) is 18.1. The largest absolute Gasteiger partial charge is 0.460 e. The molecule has 0 bridgehead atoms. The average molecular weight is 694 g/mol. The lowest BCUT2D eigenvalue weighted by molar-refractivity contribution is -0.265. The van der Waals surface area contributed by atoms with Gasteiger partial charge in [0.2, 0.25) is 5.79 Å². The number of amides is 1. The van der Waals surface area contributed by atoms with Gasteiger partial charge in [0.25, 0.3) is 11.7 Å². The zero-order valence-corrected chi connectivity index (χ0v) is 29.9. The lowest BCUT2D eigenvalue weighted by Gasteiger charge is -2.50. The number of rotatable bonds is 14. The van der Waals surface area contributed by atoms with Crippen molar-refractivity contribution < 1.29 is 53.8 Å².